The topological polar surface area (TPSA) is 75.1 Å². The summed E-state index contributed by atoms with van der Waals surface area (Å²) in [5.74, 6) is 0.158. The van der Waals surface area contributed by atoms with Crippen LogP contribution >= 0.6 is 11.5 Å². The molecule has 114 valence electrons. The van der Waals surface area contributed by atoms with E-state index in [4.69, 9.17) is 0 Å². The van der Waals surface area contributed by atoms with Gasteiger partial charge in [-0.15, -0.1) is 5.10 Å². The Balaban J connectivity index is 2.72. The summed E-state index contributed by atoms with van der Waals surface area (Å²) in [6.45, 7) is 12.0. The van der Waals surface area contributed by atoms with Crippen molar-refractivity contribution >= 4 is 17.4 Å². The van der Waals surface area contributed by atoms with Crippen LogP contribution in [0.4, 0.5) is 0 Å². The maximum atomic E-state index is 12.2. The number of carbonyl (C=O) groups is 1. The summed E-state index contributed by atoms with van der Waals surface area (Å²) in [6.07, 6.45) is 0.639. The third-order valence-electron chi connectivity index (χ3n) is 2.88. The molecule has 0 bridgehead atoms. The fraction of sp³-hybridized carbons (Fsp3) is 0.786. The smallest absolute Gasteiger partial charge is 0.265 e. The molecule has 1 aromatic heterocycles. The molecule has 0 aliphatic rings. The van der Waals surface area contributed by atoms with Crippen molar-refractivity contribution < 1.29 is 9.90 Å². The van der Waals surface area contributed by atoms with E-state index in [2.05, 4.69) is 14.9 Å². The second kappa shape index (κ2) is 6.18. The zero-order chi connectivity index (χ0) is 15.6. The first-order chi connectivity index (χ1) is 9.03. The van der Waals surface area contributed by atoms with Crippen molar-refractivity contribution in [1.82, 2.24) is 14.9 Å². The van der Waals surface area contributed by atoms with Crippen LogP contribution in [0.1, 0.15) is 63.3 Å². The second-order valence-corrected chi connectivity index (χ2v) is 7.73. The van der Waals surface area contributed by atoms with Crippen LogP contribution in [-0.2, 0) is 5.41 Å². The molecule has 1 atom stereocenters. The molecule has 20 heavy (non-hydrogen) atoms. The van der Waals surface area contributed by atoms with Crippen molar-refractivity contribution in [3.8, 4) is 0 Å². The zero-order valence-corrected chi connectivity index (χ0v) is 14.0. The molecule has 0 saturated carbocycles. The monoisotopic (exact) mass is 299 g/mol. The molecule has 1 amide bonds. The number of rotatable bonds is 5. The highest BCUT2D eigenvalue weighted by molar-refractivity contribution is 7.08. The number of carbonyl (C=O) groups excluding carboxylic acids is 1. The van der Waals surface area contributed by atoms with Gasteiger partial charge in [0.25, 0.3) is 5.91 Å². The molecular weight excluding hydrogens is 274 g/mol. The number of nitrogens with zero attached hydrogens (tertiary/aromatic N) is 2. The van der Waals surface area contributed by atoms with Crippen molar-refractivity contribution in [2.45, 2.75) is 59.0 Å². The first-order valence-corrected chi connectivity index (χ1v) is 7.64. The van der Waals surface area contributed by atoms with Gasteiger partial charge in [0, 0.05) is 12.0 Å². The molecule has 0 aliphatic heterocycles. The normalized spacial score (nSPS) is 15.2. The molecule has 2 N–H and O–H groups in total. The van der Waals surface area contributed by atoms with Crippen LogP contribution in [0, 0.1) is 5.92 Å². The number of hydrogen-bond acceptors (Lipinski definition) is 5. The minimum Gasteiger partial charge on any atom is -0.388 e. The highest BCUT2D eigenvalue weighted by Gasteiger charge is 2.28. The van der Waals surface area contributed by atoms with E-state index in [1.54, 1.807) is 6.92 Å². The summed E-state index contributed by atoms with van der Waals surface area (Å²) < 4.78 is 3.87. The van der Waals surface area contributed by atoms with Gasteiger partial charge in [-0.05, 0) is 30.8 Å². The van der Waals surface area contributed by atoms with Gasteiger partial charge in [0.15, 0.2) is 0 Å². The average Bonchev–Trinajstić information content (AvgIpc) is 2.72. The number of aromatic nitrogens is 2. The third-order valence-corrected chi connectivity index (χ3v) is 3.61. The van der Waals surface area contributed by atoms with Crippen molar-refractivity contribution in [2.24, 2.45) is 5.92 Å². The highest BCUT2D eigenvalue weighted by Crippen LogP contribution is 2.25. The van der Waals surface area contributed by atoms with E-state index in [0.29, 0.717) is 22.9 Å². The molecule has 1 unspecified atom stereocenters. The number of hydrogen-bond donors (Lipinski definition) is 2. The molecule has 1 rings (SSSR count). The average molecular weight is 299 g/mol. The minimum atomic E-state index is -0.899. The highest BCUT2D eigenvalue weighted by atomic mass is 32.1. The Hall–Kier alpha value is -1.01. The first-order valence-electron chi connectivity index (χ1n) is 6.86. The lowest BCUT2D eigenvalue weighted by Gasteiger charge is -2.25. The quantitative estimate of drug-likeness (QED) is 0.875. The van der Waals surface area contributed by atoms with Crippen molar-refractivity contribution in [3.05, 3.63) is 10.6 Å². The maximum absolute atomic E-state index is 12.2. The number of aliphatic hydroxyl groups is 1. The molecule has 0 fully saturated rings. The third kappa shape index (κ3) is 4.83. The van der Waals surface area contributed by atoms with Gasteiger partial charge < -0.3 is 10.4 Å². The summed E-state index contributed by atoms with van der Waals surface area (Å²) in [4.78, 5) is 12.7. The SMILES string of the molecule is CC(C)CC(C)(O)CNC(=O)c1snnc1C(C)(C)C. The van der Waals surface area contributed by atoms with Crippen LogP contribution in [0.3, 0.4) is 0 Å². The maximum Gasteiger partial charge on any atom is 0.265 e. The molecule has 0 aliphatic carbocycles. The summed E-state index contributed by atoms with van der Waals surface area (Å²) in [5.41, 5.74) is -0.423. The number of amides is 1. The van der Waals surface area contributed by atoms with Crippen LogP contribution in [0.2, 0.25) is 0 Å². The van der Waals surface area contributed by atoms with Crippen molar-refractivity contribution in [1.29, 1.82) is 0 Å². The standard InChI is InChI=1S/C14H25N3O2S/c1-9(2)7-14(6,19)8-15-12(18)10-11(13(3,4)5)16-17-20-10/h9,19H,7-8H2,1-6H3,(H,15,18). The molecule has 0 spiro atoms. The fourth-order valence-corrected chi connectivity index (χ4v) is 2.93. The van der Waals surface area contributed by atoms with Gasteiger partial charge >= 0.3 is 0 Å². The van der Waals surface area contributed by atoms with Crippen LogP contribution < -0.4 is 5.32 Å². The van der Waals surface area contributed by atoms with E-state index < -0.39 is 5.60 Å². The van der Waals surface area contributed by atoms with Gasteiger partial charge in [-0.25, -0.2) is 0 Å². The van der Waals surface area contributed by atoms with Crippen LogP contribution in [0.5, 0.6) is 0 Å². The Kier molecular flexibility index (Phi) is 5.27. The van der Waals surface area contributed by atoms with Gasteiger partial charge in [-0.2, -0.15) is 0 Å². The zero-order valence-electron chi connectivity index (χ0n) is 13.1. The molecule has 6 heteroatoms. The Morgan fingerprint density at radius 1 is 1.35 bits per heavy atom. The van der Waals surface area contributed by atoms with E-state index in [0.717, 1.165) is 11.5 Å². The number of nitrogens with one attached hydrogen (secondary N) is 1. The second-order valence-electron chi connectivity index (χ2n) is 6.98. The van der Waals surface area contributed by atoms with Crippen LogP contribution in [-0.4, -0.2) is 32.7 Å². The van der Waals surface area contributed by atoms with E-state index in [9.17, 15) is 9.90 Å². The van der Waals surface area contributed by atoms with E-state index in [1.807, 2.05) is 34.6 Å². The summed E-state index contributed by atoms with van der Waals surface area (Å²) >= 11 is 1.09. The van der Waals surface area contributed by atoms with Gasteiger partial charge in [-0.1, -0.05) is 39.1 Å². The fourth-order valence-electron chi connectivity index (χ4n) is 2.13. The lowest BCUT2D eigenvalue weighted by molar-refractivity contribution is 0.0369. The van der Waals surface area contributed by atoms with Gasteiger partial charge in [0.1, 0.15) is 4.88 Å². The van der Waals surface area contributed by atoms with Gasteiger partial charge in [0.2, 0.25) is 0 Å². The Morgan fingerprint density at radius 2 is 1.95 bits per heavy atom. The summed E-state index contributed by atoms with van der Waals surface area (Å²) in [7, 11) is 0. The first kappa shape index (κ1) is 17.0. The Labute approximate surface area is 125 Å². The van der Waals surface area contributed by atoms with E-state index >= 15 is 0 Å². The van der Waals surface area contributed by atoms with Gasteiger partial charge in [0.05, 0.1) is 11.3 Å². The molecule has 0 aromatic carbocycles. The summed E-state index contributed by atoms with van der Waals surface area (Å²) in [6, 6.07) is 0. The van der Waals surface area contributed by atoms with E-state index in [1.165, 1.54) is 0 Å². The lowest BCUT2D eigenvalue weighted by atomic mass is 9.91. The molecule has 0 saturated heterocycles. The van der Waals surface area contributed by atoms with Crippen molar-refractivity contribution in [3.63, 3.8) is 0 Å². The van der Waals surface area contributed by atoms with Crippen LogP contribution in [0.15, 0.2) is 0 Å². The predicted octanol–water partition coefficient (Wildman–Crippen LogP) is 2.36. The molecule has 0 radical (unpaired) electrons. The Bertz CT molecular complexity index is 461. The van der Waals surface area contributed by atoms with E-state index in [-0.39, 0.29) is 17.9 Å². The largest absolute Gasteiger partial charge is 0.388 e. The lowest BCUT2D eigenvalue weighted by Crippen LogP contribution is -2.41. The Morgan fingerprint density at radius 3 is 2.45 bits per heavy atom. The molecule has 1 heterocycles. The minimum absolute atomic E-state index is 0.214. The van der Waals surface area contributed by atoms with Crippen LogP contribution in [0.25, 0.3) is 0 Å². The van der Waals surface area contributed by atoms with Crippen molar-refractivity contribution in [2.75, 3.05) is 6.54 Å². The summed E-state index contributed by atoms with van der Waals surface area (Å²) in [5, 5.41) is 17.0. The van der Waals surface area contributed by atoms with Gasteiger partial charge in [-0.3, -0.25) is 4.79 Å². The molecule has 1 aromatic rings. The molecular formula is C14H25N3O2S. The predicted molar refractivity (Wildman–Crippen MR) is 81.0 cm³/mol. The molecule has 5 nitrogen and oxygen atoms in total.